The zero-order valence-electron chi connectivity index (χ0n) is 27.9. The number of para-hydroxylation sites is 2. The van der Waals surface area contributed by atoms with Crippen molar-refractivity contribution in [2.45, 2.75) is 19.5 Å². The monoisotopic (exact) mass is 660 g/mol. The van der Waals surface area contributed by atoms with Crippen molar-refractivity contribution in [1.82, 2.24) is 31.2 Å². The number of hydrogen-bond donors (Lipinski definition) is 4. The lowest BCUT2D eigenvalue weighted by atomic mass is 9.97. The van der Waals surface area contributed by atoms with Gasteiger partial charge in [0.05, 0.1) is 22.4 Å². The van der Waals surface area contributed by atoms with E-state index in [1.807, 2.05) is 91.0 Å². The van der Waals surface area contributed by atoms with Gasteiger partial charge in [-0.1, -0.05) is 115 Å². The van der Waals surface area contributed by atoms with Crippen LogP contribution in [0.2, 0.25) is 0 Å². The predicted molar refractivity (Wildman–Crippen MR) is 202 cm³/mol. The molecule has 0 atom stereocenters. The van der Waals surface area contributed by atoms with E-state index in [2.05, 4.69) is 57.7 Å². The molecule has 0 radical (unpaired) electrons. The van der Waals surface area contributed by atoms with E-state index >= 15 is 0 Å². The molecular weight excluding hydrogens is 621 g/mol. The second-order valence-electron chi connectivity index (χ2n) is 12.4. The number of fused-ring (bicyclic) bond motifs is 6. The fraction of sp³-hybridized carbons (Fsp3) is 0.190. The molecule has 5 aromatic carbocycles. The minimum absolute atomic E-state index is 0.290. The molecule has 7 rings (SSSR count). The summed E-state index contributed by atoms with van der Waals surface area (Å²) in [6.07, 6.45) is 0.319. The van der Waals surface area contributed by atoms with Crippen molar-refractivity contribution in [1.29, 1.82) is 0 Å². The van der Waals surface area contributed by atoms with Crippen molar-refractivity contribution in [2.75, 3.05) is 26.2 Å². The molecule has 2 amide bonds. The van der Waals surface area contributed by atoms with Crippen LogP contribution >= 0.6 is 0 Å². The van der Waals surface area contributed by atoms with Crippen molar-refractivity contribution in [3.63, 3.8) is 0 Å². The molecule has 8 nitrogen and oxygen atoms in total. The maximum absolute atomic E-state index is 13.4. The van der Waals surface area contributed by atoms with Gasteiger partial charge >= 0.3 is 0 Å². The summed E-state index contributed by atoms with van der Waals surface area (Å²) in [5.74, 6) is -1.43. The topological polar surface area (TPSA) is 108 Å². The van der Waals surface area contributed by atoms with Crippen molar-refractivity contribution in [3.05, 3.63) is 144 Å². The number of carbonyl (C=O) groups is 2. The number of aromatic nitrogens is 2. The van der Waals surface area contributed by atoms with Gasteiger partial charge in [0, 0.05) is 60.8 Å². The van der Waals surface area contributed by atoms with Gasteiger partial charge < -0.3 is 21.3 Å². The normalized spacial score (nSPS) is 11.5. The smallest absolute Gasteiger partial charge is 0.232 e. The first-order valence-corrected chi connectivity index (χ1v) is 17.2. The molecule has 8 heteroatoms. The lowest BCUT2D eigenvalue weighted by molar-refractivity contribution is -0.135. The van der Waals surface area contributed by atoms with Gasteiger partial charge in [0.15, 0.2) is 0 Å². The van der Waals surface area contributed by atoms with E-state index in [9.17, 15) is 9.59 Å². The number of amides is 2. The molecule has 2 heterocycles. The Kier molecular flexibility index (Phi) is 10.3. The number of hydrogen-bond acceptors (Lipinski definition) is 6. The lowest BCUT2D eigenvalue weighted by Crippen LogP contribution is -2.45. The van der Waals surface area contributed by atoms with E-state index in [4.69, 9.17) is 9.97 Å². The maximum Gasteiger partial charge on any atom is 0.232 e. The SMILES string of the molecule is O=C(NCCNCc1nc2ccccc2c2ccccc12)C(Cc1ccccc1)C(=O)NCCNCc1nc2ccccc2c2ccccc12. The third-order valence-electron chi connectivity index (χ3n) is 9.08. The van der Waals surface area contributed by atoms with Crippen molar-refractivity contribution in [2.24, 2.45) is 5.92 Å². The van der Waals surface area contributed by atoms with Gasteiger partial charge in [-0.05, 0) is 34.9 Å². The zero-order chi connectivity index (χ0) is 34.1. The molecule has 0 spiro atoms. The first-order chi connectivity index (χ1) is 24.7. The molecule has 0 aliphatic heterocycles. The second kappa shape index (κ2) is 15.7. The Morgan fingerprint density at radius 1 is 0.460 bits per heavy atom. The van der Waals surface area contributed by atoms with Crippen molar-refractivity contribution >= 4 is 55.2 Å². The van der Waals surface area contributed by atoms with E-state index < -0.39 is 5.92 Å². The van der Waals surface area contributed by atoms with Crippen LogP contribution in [0.4, 0.5) is 0 Å². The molecule has 0 aliphatic carbocycles. The van der Waals surface area contributed by atoms with Crippen LogP contribution < -0.4 is 21.3 Å². The van der Waals surface area contributed by atoms with Gasteiger partial charge in [-0.2, -0.15) is 0 Å². The Morgan fingerprint density at radius 3 is 1.34 bits per heavy atom. The zero-order valence-corrected chi connectivity index (χ0v) is 27.9. The van der Waals surface area contributed by atoms with Gasteiger partial charge in [0.1, 0.15) is 5.92 Å². The number of rotatable bonds is 14. The van der Waals surface area contributed by atoms with E-state index in [1.165, 1.54) is 10.8 Å². The van der Waals surface area contributed by atoms with Crippen LogP contribution in [0.25, 0.3) is 43.4 Å². The summed E-state index contributed by atoms with van der Waals surface area (Å²) >= 11 is 0. The third kappa shape index (κ3) is 7.47. The van der Waals surface area contributed by atoms with Gasteiger partial charge in [0.2, 0.25) is 11.8 Å². The largest absolute Gasteiger partial charge is 0.354 e. The molecule has 0 fully saturated rings. The maximum atomic E-state index is 13.4. The molecule has 0 saturated heterocycles. The molecule has 7 aromatic rings. The van der Waals surface area contributed by atoms with Gasteiger partial charge in [-0.25, -0.2) is 0 Å². The van der Waals surface area contributed by atoms with Gasteiger partial charge in [0.25, 0.3) is 0 Å². The molecular formula is C42H40N6O2. The van der Waals surface area contributed by atoms with Gasteiger partial charge in [-0.15, -0.1) is 0 Å². The Labute approximate surface area is 291 Å². The van der Waals surface area contributed by atoms with E-state index in [0.29, 0.717) is 45.7 Å². The first-order valence-electron chi connectivity index (χ1n) is 17.2. The summed E-state index contributed by atoms with van der Waals surface area (Å²) in [5, 5.41) is 19.6. The molecule has 0 saturated carbocycles. The van der Waals surface area contributed by atoms with Crippen LogP contribution in [0.1, 0.15) is 17.0 Å². The summed E-state index contributed by atoms with van der Waals surface area (Å²) in [6, 6.07) is 42.6. The summed E-state index contributed by atoms with van der Waals surface area (Å²) in [4.78, 5) is 36.6. The van der Waals surface area contributed by atoms with Crippen LogP contribution in [-0.2, 0) is 29.1 Å². The highest BCUT2D eigenvalue weighted by molar-refractivity contribution is 6.07. The summed E-state index contributed by atoms with van der Waals surface area (Å²) in [7, 11) is 0. The number of pyridine rings is 2. The molecule has 0 bridgehead atoms. The fourth-order valence-corrected chi connectivity index (χ4v) is 6.58. The fourth-order valence-electron chi connectivity index (χ4n) is 6.58. The Balaban J connectivity index is 0.927. The number of nitrogens with one attached hydrogen (secondary N) is 4. The van der Waals surface area contributed by atoms with E-state index in [0.717, 1.165) is 49.5 Å². The van der Waals surface area contributed by atoms with Gasteiger partial charge in [-0.3, -0.25) is 19.6 Å². The Bertz CT molecular complexity index is 2130. The number of carbonyl (C=O) groups excluding carboxylic acids is 2. The first kappa shape index (κ1) is 32.8. The highest BCUT2D eigenvalue weighted by Crippen LogP contribution is 2.27. The molecule has 50 heavy (non-hydrogen) atoms. The predicted octanol–water partition coefficient (Wildman–Crippen LogP) is 6.06. The molecule has 2 aromatic heterocycles. The van der Waals surface area contributed by atoms with Crippen molar-refractivity contribution in [3.8, 4) is 0 Å². The molecule has 0 unspecified atom stereocenters. The van der Waals surface area contributed by atoms with Crippen molar-refractivity contribution < 1.29 is 9.59 Å². The lowest BCUT2D eigenvalue weighted by Gasteiger charge is -2.18. The second-order valence-corrected chi connectivity index (χ2v) is 12.4. The average Bonchev–Trinajstić information content (AvgIpc) is 3.17. The quantitative estimate of drug-likeness (QED) is 0.0642. The summed E-state index contributed by atoms with van der Waals surface area (Å²) in [5.41, 5.74) is 4.78. The van der Waals surface area contributed by atoms with Crippen LogP contribution in [0, 0.1) is 5.92 Å². The standard InChI is InChI=1S/C42H40N6O2/c49-41(45-24-22-43-27-39-34-18-6-4-14-30(34)32-16-8-10-20-37(32)47-39)36(26-29-12-2-1-3-13-29)42(50)46-25-23-44-28-40-35-19-7-5-15-31(35)33-17-9-11-21-38(33)48-40/h1-21,36,43-44H,22-28H2,(H,45,49)(H,46,50). The number of nitrogens with zero attached hydrogens (tertiary/aromatic N) is 2. The summed E-state index contributed by atoms with van der Waals surface area (Å²) in [6.45, 7) is 2.97. The third-order valence-corrected chi connectivity index (χ3v) is 9.08. The highest BCUT2D eigenvalue weighted by atomic mass is 16.2. The number of benzene rings is 5. The van der Waals surface area contributed by atoms with Crippen LogP contribution in [0.3, 0.4) is 0 Å². The van der Waals surface area contributed by atoms with Crippen LogP contribution in [0.5, 0.6) is 0 Å². The van der Waals surface area contributed by atoms with E-state index in [-0.39, 0.29) is 11.8 Å². The average molecular weight is 661 g/mol. The summed E-state index contributed by atoms with van der Waals surface area (Å²) < 4.78 is 0. The molecule has 0 aliphatic rings. The minimum atomic E-state index is -0.852. The van der Waals surface area contributed by atoms with Crippen LogP contribution in [0.15, 0.2) is 127 Å². The minimum Gasteiger partial charge on any atom is -0.354 e. The molecule has 250 valence electrons. The Morgan fingerprint density at radius 2 is 0.860 bits per heavy atom. The highest BCUT2D eigenvalue weighted by Gasteiger charge is 2.26. The van der Waals surface area contributed by atoms with Crippen LogP contribution in [-0.4, -0.2) is 48.0 Å². The van der Waals surface area contributed by atoms with E-state index in [1.54, 1.807) is 0 Å². The molecule has 4 N–H and O–H groups in total. The Hall–Kier alpha value is -5.70.